The van der Waals surface area contributed by atoms with Gasteiger partial charge < -0.3 is 23.5 Å². The van der Waals surface area contributed by atoms with Crippen LogP contribution in [0.15, 0.2) is 36.6 Å². The zero-order chi connectivity index (χ0) is 20.6. The van der Waals surface area contributed by atoms with Gasteiger partial charge in [-0.3, -0.25) is 0 Å². The molecule has 0 radical (unpaired) electrons. The summed E-state index contributed by atoms with van der Waals surface area (Å²) in [5.74, 6) is 0.753. The molecule has 0 unspecified atom stereocenters. The van der Waals surface area contributed by atoms with Crippen molar-refractivity contribution in [1.29, 1.82) is 0 Å². The van der Waals surface area contributed by atoms with E-state index in [9.17, 15) is 0 Å². The Labute approximate surface area is 165 Å². The van der Waals surface area contributed by atoms with E-state index in [1.807, 2.05) is 32.1 Å². The Hall–Kier alpha value is -1.08. The first-order valence-electron chi connectivity index (χ1n) is 9.63. The molecule has 6 heteroatoms. The van der Waals surface area contributed by atoms with Gasteiger partial charge >= 0.3 is 7.12 Å². The summed E-state index contributed by atoms with van der Waals surface area (Å²) in [6, 6.07) is 0. The minimum Gasteiger partial charge on any atom is -0.488 e. The first-order chi connectivity index (χ1) is 12.5. The van der Waals surface area contributed by atoms with Crippen LogP contribution in [0.4, 0.5) is 0 Å². The van der Waals surface area contributed by atoms with Crippen LogP contribution in [0.1, 0.15) is 48.0 Å². The lowest BCUT2D eigenvalue weighted by Crippen LogP contribution is -2.41. The van der Waals surface area contributed by atoms with E-state index in [0.717, 1.165) is 12.2 Å². The van der Waals surface area contributed by atoms with Crippen molar-refractivity contribution in [3.05, 3.63) is 36.6 Å². The zero-order valence-corrected chi connectivity index (χ0v) is 18.2. The van der Waals surface area contributed by atoms with Gasteiger partial charge in [-0.2, -0.15) is 0 Å². The van der Waals surface area contributed by atoms with Crippen LogP contribution in [-0.2, 0) is 23.5 Å². The first-order valence-corrected chi connectivity index (χ1v) is 9.63. The molecule has 0 spiro atoms. The van der Waals surface area contributed by atoms with Gasteiger partial charge in [0.1, 0.15) is 11.4 Å². The van der Waals surface area contributed by atoms with E-state index in [4.69, 9.17) is 23.5 Å². The average Bonchev–Trinajstić information content (AvgIpc) is 2.74. The number of hydrogen-bond acceptors (Lipinski definition) is 5. The number of rotatable bonds is 12. The predicted molar refractivity (Wildman–Crippen MR) is 111 cm³/mol. The van der Waals surface area contributed by atoms with Gasteiger partial charge in [-0.15, -0.1) is 0 Å². The summed E-state index contributed by atoms with van der Waals surface area (Å²) in [5, 5.41) is 0. The molecule has 0 aliphatic carbocycles. The van der Waals surface area contributed by atoms with Crippen molar-refractivity contribution in [1.82, 2.24) is 0 Å². The summed E-state index contributed by atoms with van der Waals surface area (Å²) in [6.07, 6.45) is 8.97. The fourth-order valence-electron chi connectivity index (χ4n) is 2.53. The molecule has 1 rings (SSSR count). The fraction of sp³-hybridized carbons (Fsp3) is 0.714. The van der Waals surface area contributed by atoms with Gasteiger partial charge in [0.25, 0.3) is 0 Å². The molecule has 0 amide bonds. The average molecular weight is 380 g/mol. The lowest BCUT2D eigenvalue weighted by Gasteiger charge is -2.32. The number of hydrogen-bond donors (Lipinski definition) is 0. The summed E-state index contributed by atoms with van der Waals surface area (Å²) in [4.78, 5) is 0. The van der Waals surface area contributed by atoms with E-state index in [1.165, 1.54) is 0 Å². The second-order valence-corrected chi connectivity index (χ2v) is 8.35. The fourth-order valence-corrected chi connectivity index (χ4v) is 2.53. The van der Waals surface area contributed by atoms with Gasteiger partial charge in [0.2, 0.25) is 0 Å². The largest absolute Gasteiger partial charge is 0.488 e. The van der Waals surface area contributed by atoms with Crippen LogP contribution >= 0.6 is 0 Å². The normalized spacial score (nSPS) is 19.7. The van der Waals surface area contributed by atoms with Gasteiger partial charge in [-0.1, -0.05) is 18.7 Å². The maximum Gasteiger partial charge on any atom is 0.461 e. The van der Waals surface area contributed by atoms with E-state index < -0.39 is 0 Å². The molecule has 1 saturated heterocycles. The molecular weight excluding hydrogens is 343 g/mol. The van der Waals surface area contributed by atoms with Crippen molar-refractivity contribution in [3.8, 4) is 0 Å². The molecule has 0 bridgehead atoms. The lowest BCUT2D eigenvalue weighted by molar-refractivity contribution is -0.00380. The molecule has 0 aromatic rings. The quantitative estimate of drug-likeness (QED) is 0.215. The molecule has 0 aromatic carbocycles. The monoisotopic (exact) mass is 380 g/mol. The third-order valence-corrected chi connectivity index (χ3v) is 4.87. The summed E-state index contributed by atoms with van der Waals surface area (Å²) >= 11 is 0. The molecule has 1 fully saturated rings. The van der Waals surface area contributed by atoms with Crippen LogP contribution in [0.3, 0.4) is 0 Å². The Morgan fingerprint density at radius 2 is 1.70 bits per heavy atom. The Kier molecular flexibility index (Phi) is 9.29. The van der Waals surface area contributed by atoms with Crippen LogP contribution in [0.2, 0.25) is 6.32 Å². The minimum absolute atomic E-state index is 0.251. The molecule has 1 aliphatic rings. The second kappa shape index (κ2) is 10.5. The zero-order valence-electron chi connectivity index (χ0n) is 18.2. The third-order valence-electron chi connectivity index (χ3n) is 4.87. The Balaban J connectivity index is 2.53. The van der Waals surface area contributed by atoms with Crippen LogP contribution in [0.5, 0.6) is 0 Å². The highest BCUT2D eigenvalue weighted by molar-refractivity contribution is 6.46. The number of ether oxygens (including phenoxy) is 3. The summed E-state index contributed by atoms with van der Waals surface area (Å²) < 4.78 is 28.7. The number of allylic oxidation sites excluding steroid dienone is 4. The van der Waals surface area contributed by atoms with Gasteiger partial charge in [-0.05, 0) is 53.7 Å². The van der Waals surface area contributed by atoms with E-state index in [-0.39, 0.29) is 23.9 Å². The number of methoxy groups -OCH3 is 1. The molecule has 5 nitrogen and oxygen atoms in total. The second-order valence-electron chi connectivity index (χ2n) is 8.35. The van der Waals surface area contributed by atoms with Crippen molar-refractivity contribution < 1.29 is 23.5 Å². The van der Waals surface area contributed by atoms with Crippen molar-refractivity contribution in [3.63, 3.8) is 0 Å². The molecule has 0 N–H and O–H groups in total. The molecule has 0 aromatic heterocycles. The molecule has 154 valence electrons. The summed E-state index contributed by atoms with van der Waals surface area (Å²) in [7, 11) is 1.41. The van der Waals surface area contributed by atoms with E-state index in [0.29, 0.717) is 26.1 Å². The third kappa shape index (κ3) is 8.22. The highest BCUT2D eigenvalue weighted by Crippen LogP contribution is 2.37. The minimum atomic E-state index is -0.351. The van der Waals surface area contributed by atoms with Gasteiger partial charge in [0, 0.05) is 19.9 Å². The van der Waals surface area contributed by atoms with Crippen LogP contribution in [0, 0.1) is 0 Å². The van der Waals surface area contributed by atoms with Gasteiger partial charge in [-0.25, -0.2) is 0 Å². The summed E-state index contributed by atoms with van der Waals surface area (Å²) in [6.45, 7) is 17.9. The van der Waals surface area contributed by atoms with Crippen LogP contribution < -0.4 is 0 Å². The molecule has 0 atom stereocenters. The SMILES string of the molecule is C=C/C=C(\C=C/CB1OC(C)(C)C(C)(C)O1)OC(C)(C)CCOCCOC. The molecule has 0 saturated carbocycles. The molecule has 27 heavy (non-hydrogen) atoms. The maximum atomic E-state index is 6.14. The van der Waals surface area contributed by atoms with Gasteiger partial charge in [0.05, 0.1) is 31.0 Å². The Morgan fingerprint density at radius 1 is 1.07 bits per heavy atom. The van der Waals surface area contributed by atoms with E-state index in [1.54, 1.807) is 13.2 Å². The maximum absolute atomic E-state index is 6.14. The van der Waals surface area contributed by atoms with Crippen LogP contribution in [-0.4, -0.2) is 50.9 Å². The van der Waals surface area contributed by atoms with Crippen LogP contribution in [0.25, 0.3) is 0 Å². The molecule has 1 aliphatic heterocycles. The van der Waals surface area contributed by atoms with E-state index in [2.05, 4.69) is 34.3 Å². The van der Waals surface area contributed by atoms with E-state index >= 15 is 0 Å². The first kappa shape index (κ1) is 24.0. The Bertz CT molecular complexity index is 507. The van der Waals surface area contributed by atoms with Crippen molar-refractivity contribution in [2.45, 2.75) is 71.1 Å². The molecular formula is C21H37BO5. The van der Waals surface area contributed by atoms with Crippen molar-refractivity contribution >= 4 is 7.12 Å². The Morgan fingerprint density at radius 3 is 2.26 bits per heavy atom. The van der Waals surface area contributed by atoms with Gasteiger partial charge in [0.15, 0.2) is 0 Å². The lowest BCUT2D eigenvalue weighted by atomic mass is 9.85. The van der Waals surface area contributed by atoms with Crippen molar-refractivity contribution in [2.24, 2.45) is 0 Å². The van der Waals surface area contributed by atoms with Crippen molar-refractivity contribution in [2.75, 3.05) is 26.9 Å². The topological polar surface area (TPSA) is 46.2 Å². The predicted octanol–water partition coefficient (Wildman–Crippen LogP) is 4.55. The highest BCUT2D eigenvalue weighted by Gasteiger charge is 2.50. The standard InChI is InChI=1S/C21H37BO5/c1-9-11-18(25-19(2,3)13-15-24-17-16-23-8)12-10-14-22-26-20(4,5)21(6,7)27-22/h9-12H,1,13-17H2,2-8H3/b12-10-,18-11+. The summed E-state index contributed by atoms with van der Waals surface area (Å²) in [5.41, 5.74) is -0.976. The molecule has 1 heterocycles. The smallest absolute Gasteiger partial charge is 0.461 e. The highest BCUT2D eigenvalue weighted by atomic mass is 16.7.